The molecule has 1 unspecified atom stereocenters. The van der Waals surface area contributed by atoms with Crippen molar-refractivity contribution in [2.24, 2.45) is 0 Å². The lowest BCUT2D eigenvalue weighted by Gasteiger charge is -2.05. The highest BCUT2D eigenvalue weighted by Crippen LogP contribution is 2.16. The Morgan fingerprint density at radius 2 is 2.25 bits per heavy atom. The molecule has 8 heavy (non-hydrogen) atoms. The third-order valence-corrected chi connectivity index (χ3v) is 1.95. The standard InChI is InChI=1S/C7H7Br/c1-6-4-2-3-5-7(6)8/h2-5,7H,1H2. The number of hydrogen-bond acceptors (Lipinski definition) is 0. The molecule has 0 nitrogen and oxygen atoms in total. The number of rotatable bonds is 0. The van der Waals surface area contributed by atoms with Crippen molar-refractivity contribution in [1.82, 2.24) is 0 Å². The molecule has 0 aliphatic heterocycles. The fourth-order valence-corrected chi connectivity index (χ4v) is 0.885. The Kier molecular flexibility index (Phi) is 1.69. The van der Waals surface area contributed by atoms with Gasteiger partial charge < -0.3 is 0 Å². The highest BCUT2D eigenvalue weighted by Gasteiger charge is 2.01. The second-order valence-electron chi connectivity index (χ2n) is 1.72. The van der Waals surface area contributed by atoms with Gasteiger partial charge in [0.2, 0.25) is 0 Å². The fourth-order valence-electron chi connectivity index (χ4n) is 0.556. The molecule has 0 aromatic rings. The first kappa shape index (κ1) is 5.83. The van der Waals surface area contributed by atoms with Crippen LogP contribution in [-0.2, 0) is 0 Å². The van der Waals surface area contributed by atoms with Crippen LogP contribution in [0.3, 0.4) is 0 Å². The van der Waals surface area contributed by atoms with E-state index in [-0.39, 0.29) is 0 Å². The van der Waals surface area contributed by atoms with E-state index in [1.807, 2.05) is 18.2 Å². The molecule has 1 heteroatoms. The summed E-state index contributed by atoms with van der Waals surface area (Å²) in [5.41, 5.74) is 1.12. The number of allylic oxidation sites excluding steroid dienone is 5. The Labute approximate surface area is 57.7 Å². The molecule has 0 N–H and O–H groups in total. The fraction of sp³-hybridized carbons (Fsp3) is 0.143. The first-order valence-electron chi connectivity index (χ1n) is 2.48. The largest absolute Gasteiger partial charge is 0.0944 e. The Balaban J connectivity index is 2.74. The molecule has 0 heterocycles. The van der Waals surface area contributed by atoms with Crippen LogP contribution < -0.4 is 0 Å². The second-order valence-corrected chi connectivity index (χ2v) is 2.71. The van der Waals surface area contributed by atoms with Crippen LogP contribution in [0.1, 0.15) is 0 Å². The molecule has 0 spiro atoms. The molecular weight excluding hydrogens is 164 g/mol. The van der Waals surface area contributed by atoms with Crippen molar-refractivity contribution in [3.05, 3.63) is 36.5 Å². The summed E-state index contributed by atoms with van der Waals surface area (Å²) in [6.07, 6.45) is 8.05. The maximum atomic E-state index is 3.81. The van der Waals surface area contributed by atoms with Gasteiger partial charge in [-0.15, -0.1) is 0 Å². The smallest absolute Gasteiger partial charge is 0.0572 e. The van der Waals surface area contributed by atoms with Gasteiger partial charge in [-0.05, 0) is 5.57 Å². The van der Waals surface area contributed by atoms with Crippen LogP contribution in [0.5, 0.6) is 0 Å². The van der Waals surface area contributed by atoms with Gasteiger partial charge in [0.15, 0.2) is 0 Å². The van der Waals surface area contributed by atoms with Gasteiger partial charge >= 0.3 is 0 Å². The van der Waals surface area contributed by atoms with Gasteiger partial charge in [-0.1, -0.05) is 46.8 Å². The SMILES string of the molecule is C=C1C=CC=CC1Br. The molecule has 0 aromatic carbocycles. The van der Waals surface area contributed by atoms with E-state index in [0.717, 1.165) is 5.57 Å². The molecular formula is C7H7Br. The molecule has 0 aromatic heterocycles. The summed E-state index contributed by atoms with van der Waals surface area (Å²) in [6.45, 7) is 3.81. The van der Waals surface area contributed by atoms with Gasteiger partial charge in [0.05, 0.1) is 4.83 Å². The van der Waals surface area contributed by atoms with Crippen molar-refractivity contribution >= 4 is 15.9 Å². The third kappa shape index (κ3) is 1.10. The predicted octanol–water partition coefficient (Wildman–Crippen LogP) is 2.43. The maximum absolute atomic E-state index is 3.81. The van der Waals surface area contributed by atoms with E-state index in [0.29, 0.717) is 4.83 Å². The lowest BCUT2D eigenvalue weighted by molar-refractivity contribution is 1.32. The van der Waals surface area contributed by atoms with Crippen LogP contribution in [0.4, 0.5) is 0 Å². The van der Waals surface area contributed by atoms with Crippen molar-refractivity contribution in [2.45, 2.75) is 4.83 Å². The quantitative estimate of drug-likeness (QED) is 0.491. The molecule has 0 bridgehead atoms. The second kappa shape index (κ2) is 2.31. The molecule has 1 aliphatic carbocycles. The van der Waals surface area contributed by atoms with Crippen LogP contribution >= 0.6 is 15.9 Å². The molecule has 1 rings (SSSR count). The summed E-state index contributed by atoms with van der Waals surface area (Å²) in [4.78, 5) is 0.354. The van der Waals surface area contributed by atoms with Crippen molar-refractivity contribution in [3.63, 3.8) is 0 Å². The average molecular weight is 171 g/mol. The molecule has 0 amide bonds. The molecule has 0 fully saturated rings. The molecule has 1 atom stereocenters. The Bertz CT molecular complexity index is 154. The Morgan fingerprint density at radius 3 is 2.62 bits per heavy atom. The molecule has 0 saturated heterocycles. The van der Waals surface area contributed by atoms with Gasteiger partial charge in [0.1, 0.15) is 0 Å². The summed E-state index contributed by atoms with van der Waals surface area (Å²) in [5.74, 6) is 0. The summed E-state index contributed by atoms with van der Waals surface area (Å²) in [5, 5.41) is 0. The van der Waals surface area contributed by atoms with Gasteiger partial charge in [-0.3, -0.25) is 0 Å². The van der Waals surface area contributed by atoms with Crippen LogP contribution in [0.25, 0.3) is 0 Å². The van der Waals surface area contributed by atoms with Crippen LogP contribution in [0.2, 0.25) is 0 Å². The van der Waals surface area contributed by atoms with Crippen LogP contribution in [0.15, 0.2) is 36.5 Å². The lowest BCUT2D eigenvalue weighted by atomic mass is 10.1. The molecule has 42 valence electrons. The van der Waals surface area contributed by atoms with E-state index in [2.05, 4.69) is 28.6 Å². The summed E-state index contributed by atoms with van der Waals surface area (Å²) in [6, 6.07) is 0. The van der Waals surface area contributed by atoms with Gasteiger partial charge in [-0.25, -0.2) is 0 Å². The van der Waals surface area contributed by atoms with Crippen molar-refractivity contribution in [3.8, 4) is 0 Å². The first-order valence-corrected chi connectivity index (χ1v) is 3.40. The van der Waals surface area contributed by atoms with Crippen molar-refractivity contribution in [1.29, 1.82) is 0 Å². The molecule has 0 radical (unpaired) electrons. The van der Waals surface area contributed by atoms with E-state index in [4.69, 9.17) is 0 Å². The van der Waals surface area contributed by atoms with E-state index in [1.165, 1.54) is 0 Å². The van der Waals surface area contributed by atoms with Crippen LogP contribution in [0, 0.1) is 0 Å². The number of hydrogen-bond donors (Lipinski definition) is 0. The normalized spacial score (nSPS) is 26.6. The summed E-state index contributed by atoms with van der Waals surface area (Å²) in [7, 11) is 0. The number of alkyl halides is 1. The van der Waals surface area contributed by atoms with E-state index < -0.39 is 0 Å². The Morgan fingerprint density at radius 1 is 1.50 bits per heavy atom. The van der Waals surface area contributed by atoms with Crippen LogP contribution in [-0.4, -0.2) is 4.83 Å². The van der Waals surface area contributed by atoms with Gasteiger partial charge in [-0.2, -0.15) is 0 Å². The van der Waals surface area contributed by atoms with Crippen molar-refractivity contribution in [2.75, 3.05) is 0 Å². The average Bonchev–Trinajstić information content (AvgIpc) is 1.77. The lowest BCUT2D eigenvalue weighted by Crippen LogP contribution is -1.95. The highest BCUT2D eigenvalue weighted by atomic mass is 79.9. The maximum Gasteiger partial charge on any atom is 0.0572 e. The zero-order chi connectivity index (χ0) is 5.98. The van der Waals surface area contributed by atoms with Gasteiger partial charge in [0.25, 0.3) is 0 Å². The number of halogens is 1. The first-order chi connectivity index (χ1) is 3.80. The minimum absolute atomic E-state index is 0.354. The summed E-state index contributed by atoms with van der Waals surface area (Å²) < 4.78 is 0. The topological polar surface area (TPSA) is 0 Å². The molecule has 0 saturated carbocycles. The zero-order valence-corrected chi connectivity index (χ0v) is 6.06. The predicted molar refractivity (Wildman–Crippen MR) is 40.1 cm³/mol. The molecule has 1 aliphatic rings. The zero-order valence-electron chi connectivity index (χ0n) is 4.47. The van der Waals surface area contributed by atoms with Gasteiger partial charge in [0, 0.05) is 0 Å². The minimum atomic E-state index is 0.354. The third-order valence-electron chi connectivity index (χ3n) is 1.06. The van der Waals surface area contributed by atoms with E-state index >= 15 is 0 Å². The van der Waals surface area contributed by atoms with Crippen molar-refractivity contribution < 1.29 is 0 Å². The van der Waals surface area contributed by atoms with E-state index in [1.54, 1.807) is 0 Å². The minimum Gasteiger partial charge on any atom is -0.0944 e. The monoisotopic (exact) mass is 170 g/mol. The summed E-state index contributed by atoms with van der Waals surface area (Å²) >= 11 is 3.42. The highest BCUT2D eigenvalue weighted by molar-refractivity contribution is 9.09. The van der Waals surface area contributed by atoms with E-state index in [9.17, 15) is 0 Å². The Hall–Kier alpha value is -0.300.